The van der Waals surface area contributed by atoms with Gasteiger partial charge in [-0.1, -0.05) is 30.3 Å². The Bertz CT molecular complexity index is 961. The third-order valence-corrected chi connectivity index (χ3v) is 6.14. The lowest BCUT2D eigenvalue weighted by molar-refractivity contribution is -0.173. The van der Waals surface area contributed by atoms with E-state index in [0.29, 0.717) is 5.56 Å². The van der Waals surface area contributed by atoms with Crippen LogP contribution in [0.1, 0.15) is 48.7 Å². The van der Waals surface area contributed by atoms with Crippen molar-refractivity contribution in [1.29, 1.82) is 0 Å². The van der Waals surface area contributed by atoms with Crippen LogP contribution in [-0.2, 0) is 28.6 Å². The van der Waals surface area contributed by atoms with E-state index in [1.807, 2.05) is 0 Å². The molecule has 0 amide bonds. The maximum absolute atomic E-state index is 13.7. The number of benzene rings is 1. The Hall–Kier alpha value is -3.42. The molecule has 1 aromatic heterocycles. The molecule has 1 fully saturated rings. The first-order chi connectivity index (χ1) is 15.9. The fourth-order valence-corrected chi connectivity index (χ4v) is 4.87. The van der Waals surface area contributed by atoms with Crippen LogP contribution in [0.15, 0.2) is 53.1 Å². The molecule has 1 heterocycles. The average Bonchev–Trinajstić information content (AvgIpc) is 3.47. The number of hydrogen-bond acceptors (Lipinski definition) is 8. The van der Waals surface area contributed by atoms with Gasteiger partial charge in [-0.05, 0) is 43.9 Å². The molecule has 3 rings (SSSR count). The van der Waals surface area contributed by atoms with Crippen molar-refractivity contribution < 1.29 is 37.8 Å². The minimum atomic E-state index is -1.81. The van der Waals surface area contributed by atoms with Crippen LogP contribution in [0, 0.1) is 17.3 Å². The number of ketones is 1. The van der Waals surface area contributed by atoms with E-state index in [2.05, 4.69) is 0 Å². The zero-order valence-electron chi connectivity index (χ0n) is 18.9. The predicted molar refractivity (Wildman–Crippen MR) is 116 cm³/mol. The van der Waals surface area contributed by atoms with Crippen LogP contribution >= 0.6 is 0 Å². The number of methoxy groups -OCH3 is 1. The van der Waals surface area contributed by atoms with Crippen molar-refractivity contribution in [3.63, 3.8) is 0 Å². The summed E-state index contributed by atoms with van der Waals surface area (Å²) in [6.07, 6.45) is 1.12. The normalized spacial score (nSPS) is 21.2. The molecule has 1 aliphatic carbocycles. The number of furan rings is 1. The van der Waals surface area contributed by atoms with Crippen LogP contribution in [0.4, 0.5) is 0 Å². The highest BCUT2D eigenvalue weighted by atomic mass is 16.6. The summed E-state index contributed by atoms with van der Waals surface area (Å²) in [5.41, 5.74) is -1.21. The summed E-state index contributed by atoms with van der Waals surface area (Å²) in [6, 6.07) is 11.9. The molecule has 0 radical (unpaired) electrons. The summed E-state index contributed by atoms with van der Waals surface area (Å²) >= 11 is 0. The number of carbonyl (C=O) groups is 4. The zero-order chi connectivity index (χ0) is 24.0. The first kappa shape index (κ1) is 24.2. The largest absolute Gasteiger partial charge is 0.469 e. The molecule has 0 spiro atoms. The summed E-state index contributed by atoms with van der Waals surface area (Å²) < 4.78 is 20.9. The number of carbonyl (C=O) groups excluding carboxylic acids is 4. The van der Waals surface area contributed by atoms with Gasteiger partial charge in [-0.2, -0.15) is 0 Å². The van der Waals surface area contributed by atoms with Gasteiger partial charge < -0.3 is 18.6 Å². The van der Waals surface area contributed by atoms with E-state index in [1.165, 1.54) is 19.4 Å². The average molecular weight is 456 g/mol. The molecule has 8 nitrogen and oxygen atoms in total. The molecule has 176 valence electrons. The Labute approximate surface area is 192 Å². The van der Waals surface area contributed by atoms with E-state index >= 15 is 0 Å². The van der Waals surface area contributed by atoms with E-state index < -0.39 is 46.9 Å². The smallest absolute Gasteiger partial charge is 0.324 e. The van der Waals surface area contributed by atoms with Crippen molar-refractivity contribution in [3.8, 4) is 0 Å². The van der Waals surface area contributed by atoms with Crippen LogP contribution in [0.25, 0.3) is 0 Å². The quantitative estimate of drug-likeness (QED) is 0.244. The number of esters is 3. The molecule has 1 aliphatic rings. The molecule has 0 N–H and O–H groups in total. The number of hydrogen-bond donors (Lipinski definition) is 0. The monoisotopic (exact) mass is 456 g/mol. The second-order valence-corrected chi connectivity index (χ2v) is 7.91. The molecule has 1 aromatic carbocycles. The van der Waals surface area contributed by atoms with Gasteiger partial charge in [0, 0.05) is 18.3 Å². The molecule has 0 saturated heterocycles. The molecule has 1 saturated carbocycles. The van der Waals surface area contributed by atoms with Gasteiger partial charge in [0.15, 0.2) is 11.2 Å². The van der Waals surface area contributed by atoms with Gasteiger partial charge in [0.05, 0.1) is 26.6 Å². The highest BCUT2D eigenvalue weighted by Gasteiger charge is 2.66. The number of rotatable bonds is 9. The third-order valence-electron chi connectivity index (χ3n) is 6.14. The molecular formula is C25H28O8. The molecule has 2 aromatic rings. The Balaban J connectivity index is 2.25. The van der Waals surface area contributed by atoms with Crippen molar-refractivity contribution in [2.45, 2.75) is 32.6 Å². The van der Waals surface area contributed by atoms with Gasteiger partial charge in [0.2, 0.25) is 5.78 Å². The Morgan fingerprint density at radius 1 is 0.970 bits per heavy atom. The van der Waals surface area contributed by atoms with Crippen LogP contribution in [0.3, 0.4) is 0 Å². The highest BCUT2D eigenvalue weighted by Crippen LogP contribution is 2.59. The van der Waals surface area contributed by atoms with E-state index in [0.717, 1.165) is 0 Å². The molecular weight excluding hydrogens is 428 g/mol. The zero-order valence-corrected chi connectivity index (χ0v) is 18.9. The Kier molecular flexibility index (Phi) is 7.68. The highest BCUT2D eigenvalue weighted by molar-refractivity contribution is 6.05. The number of Topliss-reactive ketones (excluding diaryl/α,β-unsaturated/α-hetero) is 1. The molecule has 0 unspecified atom stereocenters. The summed E-state index contributed by atoms with van der Waals surface area (Å²) in [4.78, 5) is 52.8. The summed E-state index contributed by atoms with van der Waals surface area (Å²) in [5, 5.41) is 0. The minimum absolute atomic E-state index is 0.0416. The van der Waals surface area contributed by atoms with Gasteiger partial charge in [-0.15, -0.1) is 0 Å². The third kappa shape index (κ3) is 4.55. The molecule has 8 heteroatoms. The van der Waals surface area contributed by atoms with E-state index in [9.17, 15) is 19.2 Å². The van der Waals surface area contributed by atoms with Gasteiger partial charge in [0.25, 0.3) is 0 Å². The lowest BCUT2D eigenvalue weighted by Gasteiger charge is -2.33. The fourth-order valence-electron chi connectivity index (χ4n) is 4.87. The van der Waals surface area contributed by atoms with Crippen LogP contribution in [0.5, 0.6) is 0 Å². The van der Waals surface area contributed by atoms with Crippen molar-refractivity contribution in [2.75, 3.05) is 20.3 Å². The lowest BCUT2D eigenvalue weighted by Crippen LogP contribution is -2.45. The second kappa shape index (κ2) is 10.5. The van der Waals surface area contributed by atoms with Crippen LogP contribution in [0.2, 0.25) is 0 Å². The summed E-state index contributed by atoms with van der Waals surface area (Å²) in [5.74, 6) is -4.96. The fraction of sp³-hybridized carbons (Fsp3) is 0.440. The van der Waals surface area contributed by atoms with Crippen LogP contribution in [-0.4, -0.2) is 44.0 Å². The van der Waals surface area contributed by atoms with Crippen molar-refractivity contribution >= 4 is 23.7 Å². The van der Waals surface area contributed by atoms with Crippen molar-refractivity contribution in [3.05, 3.63) is 60.1 Å². The SMILES string of the molecule is CCOC(=O)C1(C(=O)OCC)C[C@H](CC(=O)OC)[C@@H](C(=O)c2ccco2)[C@H]1c1ccccc1. The molecule has 0 bridgehead atoms. The summed E-state index contributed by atoms with van der Waals surface area (Å²) in [6.45, 7) is 3.36. The van der Waals surface area contributed by atoms with E-state index in [1.54, 1.807) is 50.2 Å². The Morgan fingerprint density at radius 3 is 2.12 bits per heavy atom. The second-order valence-electron chi connectivity index (χ2n) is 7.91. The standard InChI is InChI=1S/C25H28O8/c1-4-31-23(28)25(24(29)32-5-2)15-17(14-19(26)30-3)20(22(27)18-12-9-13-33-18)21(25)16-10-7-6-8-11-16/h6-13,17,20-21H,4-5,14-15H2,1-3H3/t17-,20+,21+/m0/s1. The maximum atomic E-state index is 13.7. The number of ether oxygens (including phenoxy) is 3. The summed E-state index contributed by atoms with van der Waals surface area (Å²) in [7, 11) is 1.25. The van der Waals surface area contributed by atoms with Gasteiger partial charge in [0.1, 0.15) is 0 Å². The Morgan fingerprint density at radius 2 is 1.61 bits per heavy atom. The maximum Gasteiger partial charge on any atom is 0.324 e. The van der Waals surface area contributed by atoms with Gasteiger partial charge in [-0.3, -0.25) is 19.2 Å². The topological polar surface area (TPSA) is 109 Å². The van der Waals surface area contributed by atoms with Crippen molar-refractivity contribution in [1.82, 2.24) is 0 Å². The predicted octanol–water partition coefficient (Wildman–Crippen LogP) is 3.56. The first-order valence-corrected chi connectivity index (χ1v) is 10.9. The molecule has 33 heavy (non-hydrogen) atoms. The lowest BCUT2D eigenvalue weighted by atomic mass is 9.70. The van der Waals surface area contributed by atoms with Gasteiger partial charge >= 0.3 is 17.9 Å². The van der Waals surface area contributed by atoms with Crippen molar-refractivity contribution in [2.24, 2.45) is 17.3 Å². The first-order valence-electron chi connectivity index (χ1n) is 10.9. The van der Waals surface area contributed by atoms with E-state index in [-0.39, 0.29) is 31.8 Å². The van der Waals surface area contributed by atoms with E-state index in [4.69, 9.17) is 18.6 Å². The molecule has 0 aliphatic heterocycles. The minimum Gasteiger partial charge on any atom is -0.469 e. The molecule has 3 atom stereocenters. The van der Waals surface area contributed by atoms with Gasteiger partial charge in [-0.25, -0.2) is 0 Å². The van der Waals surface area contributed by atoms with Crippen LogP contribution < -0.4 is 0 Å².